The molecule has 0 fully saturated rings. The van der Waals surface area contributed by atoms with E-state index in [9.17, 15) is 9.59 Å². The standard InChI is InChI=1S/C17H15Br2NO3/c1-10-7-14(18)17(15(19)8-10)20-16(22)9-23-13-5-3-12(4-6-13)11(2)21/h3-8H,9H2,1-2H3,(H,20,22). The fourth-order valence-electron chi connectivity index (χ4n) is 1.93. The molecular weight excluding hydrogens is 426 g/mol. The van der Waals surface area contributed by atoms with Crippen LogP contribution < -0.4 is 10.1 Å². The van der Waals surface area contributed by atoms with E-state index in [2.05, 4.69) is 37.2 Å². The Labute approximate surface area is 151 Å². The van der Waals surface area contributed by atoms with Crippen LogP contribution in [0.3, 0.4) is 0 Å². The van der Waals surface area contributed by atoms with Gasteiger partial charge < -0.3 is 10.1 Å². The van der Waals surface area contributed by atoms with Crippen LogP contribution >= 0.6 is 31.9 Å². The number of aryl methyl sites for hydroxylation is 1. The number of halogens is 2. The van der Waals surface area contributed by atoms with Crippen LogP contribution in [0.15, 0.2) is 45.3 Å². The predicted molar refractivity (Wildman–Crippen MR) is 97.2 cm³/mol. The summed E-state index contributed by atoms with van der Waals surface area (Å²) in [6, 6.07) is 10.5. The molecule has 0 saturated heterocycles. The summed E-state index contributed by atoms with van der Waals surface area (Å²) >= 11 is 6.85. The molecule has 1 N–H and O–H groups in total. The number of carbonyl (C=O) groups is 2. The Bertz CT molecular complexity index is 719. The van der Waals surface area contributed by atoms with Gasteiger partial charge in [-0.15, -0.1) is 0 Å². The van der Waals surface area contributed by atoms with Crippen LogP contribution in [0.4, 0.5) is 5.69 Å². The zero-order valence-corrected chi connectivity index (χ0v) is 15.8. The van der Waals surface area contributed by atoms with Gasteiger partial charge in [0.1, 0.15) is 5.75 Å². The minimum Gasteiger partial charge on any atom is -0.484 e. The van der Waals surface area contributed by atoms with E-state index in [1.807, 2.05) is 19.1 Å². The van der Waals surface area contributed by atoms with Crippen molar-refractivity contribution in [1.29, 1.82) is 0 Å². The predicted octanol–water partition coefficient (Wildman–Crippen LogP) is 4.74. The summed E-state index contributed by atoms with van der Waals surface area (Å²) in [5.41, 5.74) is 2.34. The van der Waals surface area contributed by atoms with Crippen LogP contribution in [0.2, 0.25) is 0 Å². The molecule has 1 amide bonds. The van der Waals surface area contributed by atoms with Crippen LogP contribution in [-0.4, -0.2) is 18.3 Å². The van der Waals surface area contributed by atoms with Gasteiger partial charge in [0.15, 0.2) is 12.4 Å². The first-order valence-electron chi connectivity index (χ1n) is 6.86. The third kappa shape index (κ3) is 4.91. The average molecular weight is 441 g/mol. The van der Waals surface area contributed by atoms with Crippen LogP contribution in [0.1, 0.15) is 22.8 Å². The highest BCUT2D eigenvalue weighted by atomic mass is 79.9. The summed E-state index contributed by atoms with van der Waals surface area (Å²) in [6.07, 6.45) is 0. The normalized spacial score (nSPS) is 10.3. The second-order valence-electron chi connectivity index (χ2n) is 5.02. The molecule has 0 radical (unpaired) electrons. The van der Waals surface area contributed by atoms with Gasteiger partial charge in [0.25, 0.3) is 5.91 Å². The maximum absolute atomic E-state index is 12.0. The highest BCUT2D eigenvalue weighted by molar-refractivity contribution is 9.11. The Balaban J connectivity index is 1.96. The number of ketones is 1. The fraction of sp³-hybridized carbons (Fsp3) is 0.176. The van der Waals surface area contributed by atoms with Crippen molar-refractivity contribution in [2.75, 3.05) is 11.9 Å². The molecule has 23 heavy (non-hydrogen) atoms. The number of anilines is 1. The summed E-state index contributed by atoms with van der Waals surface area (Å²) in [6.45, 7) is 3.35. The number of amides is 1. The number of ether oxygens (including phenoxy) is 1. The molecule has 0 aliphatic carbocycles. The van der Waals surface area contributed by atoms with Crippen molar-refractivity contribution >= 4 is 49.2 Å². The maximum Gasteiger partial charge on any atom is 0.262 e. The van der Waals surface area contributed by atoms with E-state index in [0.717, 1.165) is 14.5 Å². The quantitative estimate of drug-likeness (QED) is 0.683. The molecule has 6 heteroatoms. The SMILES string of the molecule is CC(=O)c1ccc(OCC(=O)Nc2c(Br)cc(C)cc2Br)cc1. The van der Waals surface area contributed by atoms with Crippen LogP contribution in [0.5, 0.6) is 5.75 Å². The van der Waals surface area contributed by atoms with E-state index in [4.69, 9.17) is 4.74 Å². The van der Waals surface area contributed by atoms with Gasteiger partial charge in [-0.3, -0.25) is 9.59 Å². The van der Waals surface area contributed by atoms with Crippen LogP contribution in [0, 0.1) is 6.92 Å². The summed E-state index contributed by atoms with van der Waals surface area (Å²) in [5, 5.41) is 2.79. The molecule has 2 aromatic carbocycles. The zero-order valence-electron chi connectivity index (χ0n) is 12.7. The Hall–Kier alpha value is -1.66. The lowest BCUT2D eigenvalue weighted by Gasteiger charge is -2.11. The molecule has 0 atom stereocenters. The van der Waals surface area contributed by atoms with Crippen molar-refractivity contribution in [3.05, 3.63) is 56.5 Å². The second kappa shape index (κ2) is 7.75. The monoisotopic (exact) mass is 439 g/mol. The van der Waals surface area contributed by atoms with Crippen molar-refractivity contribution < 1.29 is 14.3 Å². The molecule has 2 aromatic rings. The van der Waals surface area contributed by atoms with Crippen molar-refractivity contribution in [2.24, 2.45) is 0 Å². The van der Waals surface area contributed by atoms with E-state index in [1.54, 1.807) is 24.3 Å². The Kier molecular flexibility index (Phi) is 5.96. The topological polar surface area (TPSA) is 55.4 Å². The lowest BCUT2D eigenvalue weighted by Crippen LogP contribution is -2.20. The third-order valence-electron chi connectivity index (χ3n) is 3.08. The number of benzene rings is 2. The molecule has 0 saturated carbocycles. The van der Waals surface area contributed by atoms with E-state index in [0.29, 0.717) is 17.0 Å². The molecule has 0 aliphatic rings. The molecular formula is C17H15Br2NO3. The van der Waals surface area contributed by atoms with Crippen LogP contribution in [0.25, 0.3) is 0 Å². The zero-order chi connectivity index (χ0) is 17.0. The minimum absolute atomic E-state index is 0.0108. The first-order chi connectivity index (χ1) is 10.9. The number of rotatable bonds is 5. The van der Waals surface area contributed by atoms with Gasteiger partial charge in [-0.2, -0.15) is 0 Å². The second-order valence-corrected chi connectivity index (χ2v) is 6.73. The molecule has 0 aliphatic heterocycles. The van der Waals surface area contributed by atoms with E-state index < -0.39 is 0 Å². The van der Waals surface area contributed by atoms with Gasteiger partial charge in [-0.1, -0.05) is 0 Å². The summed E-state index contributed by atoms with van der Waals surface area (Å²) in [5.74, 6) is 0.251. The van der Waals surface area contributed by atoms with Crippen molar-refractivity contribution in [2.45, 2.75) is 13.8 Å². The van der Waals surface area contributed by atoms with Crippen molar-refractivity contribution in [3.8, 4) is 5.75 Å². The highest BCUT2D eigenvalue weighted by Crippen LogP contribution is 2.32. The van der Waals surface area contributed by atoms with Gasteiger partial charge in [-0.05, 0) is 87.7 Å². The van der Waals surface area contributed by atoms with E-state index >= 15 is 0 Å². The lowest BCUT2D eigenvalue weighted by atomic mass is 10.1. The molecule has 0 aromatic heterocycles. The van der Waals surface area contributed by atoms with Gasteiger partial charge >= 0.3 is 0 Å². The van der Waals surface area contributed by atoms with Crippen molar-refractivity contribution in [1.82, 2.24) is 0 Å². The van der Waals surface area contributed by atoms with Gasteiger partial charge in [0, 0.05) is 14.5 Å². The maximum atomic E-state index is 12.0. The number of hydrogen-bond donors (Lipinski definition) is 1. The first-order valence-corrected chi connectivity index (χ1v) is 8.44. The number of carbonyl (C=O) groups excluding carboxylic acids is 2. The molecule has 0 bridgehead atoms. The van der Waals surface area contributed by atoms with Crippen molar-refractivity contribution in [3.63, 3.8) is 0 Å². The fourth-order valence-corrected chi connectivity index (χ4v) is 3.54. The molecule has 0 unspecified atom stereocenters. The summed E-state index contributed by atoms with van der Waals surface area (Å²) in [4.78, 5) is 23.2. The third-order valence-corrected chi connectivity index (χ3v) is 4.33. The van der Waals surface area contributed by atoms with Gasteiger partial charge in [0.2, 0.25) is 0 Å². The number of nitrogens with one attached hydrogen (secondary N) is 1. The average Bonchev–Trinajstić information content (AvgIpc) is 2.49. The number of hydrogen-bond acceptors (Lipinski definition) is 3. The Morgan fingerprint density at radius 3 is 2.17 bits per heavy atom. The van der Waals surface area contributed by atoms with Gasteiger partial charge in [-0.25, -0.2) is 0 Å². The van der Waals surface area contributed by atoms with Crippen LogP contribution in [-0.2, 0) is 4.79 Å². The Morgan fingerprint density at radius 1 is 1.09 bits per heavy atom. The summed E-state index contributed by atoms with van der Waals surface area (Å²) < 4.78 is 7.01. The van der Waals surface area contributed by atoms with E-state index in [1.165, 1.54) is 6.92 Å². The van der Waals surface area contributed by atoms with Gasteiger partial charge in [0.05, 0.1) is 5.69 Å². The van der Waals surface area contributed by atoms with E-state index in [-0.39, 0.29) is 18.3 Å². The smallest absolute Gasteiger partial charge is 0.262 e. The molecule has 2 rings (SSSR count). The minimum atomic E-state index is -0.272. The highest BCUT2D eigenvalue weighted by Gasteiger charge is 2.11. The first kappa shape index (κ1) is 17.7. The molecule has 0 spiro atoms. The summed E-state index contributed by atoms with van der Waals surface area (Å²) in [7, 11) is 0. The molecule has 4 nitrogen and oxygen atoms in total. The lowest BCUT2D eigenvalue weighted by molar-refractivity contribution is -0.118. The largest absolute Gasteiger partial charge is 0.484 e. The number of Topliss-reactive ketones (excluding diaryl/α,β-unsaturated/α-hetero) is 1. The molecule has 0 heterocycles. The Morgan fingerprint density at radius 2 is 1.65 bits per heavy atom. The molecule has 120 valence electrons.